The lowest BCUT2D eigenvalue weighted by Crippen LogP contribution is -2.46. The molecular weight excluding hydrogens is 300 g/mol. The largest absolute Gasteiger partial charge is 0.373 e. The molecule has 4 rings (SSSR count). The van der Waals surface area contributed by atoms with E-state index in [1.165, 1.54) is 65.0 Å². The molecule has 1 spiro atoms. The summed E-state index contributed by atoms with van der Waals surface area (Å²) in [4.78, 5) is 9.62. The van der Waals surface area contributed by atoms with Crippen molar-refractivity contribution in [3.63, 3.8) is 0 Å². The van der Waals surface area contributed by atoms with E-state index >= 15 is 0 Å². The zero-order valence-electron chi connectivity index (χ0n) is 14.6. The minimum atomic E-state index is 0.108. The highest BCUT2D eigenvalue weighted by atomic mass is 16.5. The molecule has 1 aromatic rings. The van der Waals surface area contributed by atoms with Crippen molar-refractivity contribution in [1.29, 1.82) is 0 Å². The van der Waals surface area contributed by atoms with Crippen molar-refractivity contribution in [3.8, 4) is 0 Å². The third-order valence-electron chi connectivity index (χ3n) is 5.92. The molecule has 1 N–H and O–H groups in total. The highest BCUT2D eigenvalue weighted by molar-refractivity contribution is 5.35. The zero-order chi connectivity index (χ0) is 16.2. The predicted molar refractivity (Wildman–Crippen MR) is 96.3 cm³/mol. The molecule has 1 aromatic heterocycles. The maximum atomic E-state index is 6.27. The minimum absolute atomic E-state index is 0.108. The van der Waals surface area contributed by atoms with Crippen LogP contribution in [0.15, 0.2) is 24.4 Å². The number of nitrogens with one attached hydrogen (secondary N) is 1. The molecule has 5 heteroatoms. The van der Waals surface area contributed by atoms with Gasteiger partial charge in [0.25, 0.3) is 0 Å². The Balaban J connectivity index is 1.22. The number of anilines is 1. The molecule has 0 aromatic carbocycles. The Morgan fingerprint density at radius 3 is 2.54 bits per heavy atom. The van der Waals surface area contributed by atoms with Crippen molar-refractivity contribution in [2.24, 2.45) is 0 Å². The van der Waals surface area contributed by atoms with E-state index in [2.05, 4.69) is 20.1 Å². The molecule has 3 aliphatic heterocycles. The van der Waals surface area contributed by atoms with Crippen molar-refractivity contribution in [2.75, 3.05) is 51.2 Å². The van der Waals surface area contributed by atoms with Gasteiger partial charge in [0, 0.05) is 32.4 Å². The van der Waals surface area contributed by atoms with Gasteiger partial charge in [0.05, 0.1) is 18.2 Å². The van der Waals surface area contributed by atoms with Crippen LogP contribution in [0.2, 0.25) is 0 Å². The van der Waals surface area contributed by atoms with Gasteiger partial charge in [0.15, 0.2) is 0 Å². The van der Waals surface area contributed by atoms with Crippen LogP contribution in [0.25, 0.3) is 0 Å². The Morgan fingerprint density at radius 2 is 1.83 bits per heavy atom. The number of likely N-dealkylation sites (tertiary alicyclic amines) is 2. The number of hydrogen-bond donors (Lipinski definition) is 1. The molecular formula is C19H30N4O. The number of rotatable bonds is 5. The quantitative estimate of drug-likeness (QED) is 0.896. The first kappa shape index (κ1) is 16.3. The lowest BCUT2D eigenvalue weighted by atomic mass is 9.87. The second kappa shape index (κ2) is 7.38. The highest BCUT2D eigenvalue weighted by Crippen LogP contribution is 2.36. The van der Waals surface area contributed by atoms with Gasteiger partial charge in [-0.2, -0.15) is 0 Å². The van der Waals surface area contributed by atoms with Crippen molar-refractivity contribution in [2.45, 2.75) is 43.7 Å². The van der Waals surface area contributed by atoms with Crippen molar-refractivity contribution < 1.29 is 4.74 Å². The smallest absolute Gasteiger partial charge is 0.126 e. The third-order valence-corrected chi connectivity index (χ3v) is 5.92. The number of hydrogen-bond acceptors (Lipinski definition) is 5. The first-order valence-electron chi connectivity index (χ1n) is 9.58. The Morgan fingerprint density at radius 1 is 1.08 bits per heavy atom. The number of piperidine rings is 1. The molecule has 5 nitrogen and oxygen atoms in total. The molecule has 3 saturated heterocycles. The highest BCUT2D eigenvalue weighted by Gasteiger charge is 2.42. The molecule has 24 heavy (non-hydrogen) atoms. The fourth-order valence-corrected chi connectivity index (χ4v) is 4.42. The topological polar surface area (TPSA) is 40.6 Å². The number of aromatic nitrogens is 1. The molecule has 132 valence electrons. The Labute approximate surface area is 145 Å². The zero-order valence-corrected chi connectivity index (χ0v) is 14.6. The number of ether oxygens (including phenoxy) is 1. The minimum Gasteiger partial charge on any atom is -0.373 e. The number of pyridine rings is 1. The molecule has 3 aliphatic rings. The van der Waals surface area contributed by atoms with E-state index in [-0.39, 0.29) is 5.60 Å². The van der Waals surface area contributed by atoms with Crippen LogP contribution < -0.4 is 5.32 Å². The number of nitrogens with zero attached hydrogens (tertiary/aromatic N) is 3. The van der Waals surface area contributed by atoms with Gasteiger partial charge < -0.3 is 19.9 Å². The van der Waals surface area contributed by atoms with Crippen LogP contribution >= 0.6 is 0 Å². The van der Waals surface area contributed by atoms with Crippen LogP contribution in [0, 0.1) is 0 Å². The van der Waals surface area contributed by atoms with Gasteiger partial charge in [-0.05, 0) is 57.3 Å². The van der Waals surface area contributed by atoms with Crippen molar-refractivity contribution in [1.82, 2.24) is 14.8 Å². The average Bonchev–Trinajstić information content (AvgIpc) is 3.26. The average molecular weight is 330 g/mol. The van der Waals surface area contributed by atoms with Crippen LogP contribution in [0.1, 0.15) is 32.1 Å². The maximum Gasteiger partial charge on any atom is 0.126 e. The molecule has 1 unspecified atom stereocenters. The van der Waals surface area contributed by atoms with Gasteiger partial charge in [0.2, 0.25) is 0 Å². The molecule has 0 saturated carbocycles. The van der Waals surface area contributed by atoms with E-state index in [1.54, 1.807) is 0 Å². The van der Waals surface area contributed by atoms with E-state index < -0.39 is 0 Å². The first-order valence-corrected chi connectivity index (χ1v) is 9.58. The summed E-state index contributed by atoms with van der Waals surface area (Å²) < 4.78 is 6.27. The van der Waals surface area contributed by atoms with Gasteiger partial charge in [-0.25, -0.2) is 4.98 Å². The summed E-state index contributed by atoms with van der Waals surface area (Å²) in [6.45, 7) is 8.27. The summed E-state index contributed by atoms with van der Waals surface area (Å²) in [5.74, 6) is 0.964. The summed E-state index contributed by atoms with van der Waals surface area (Å²) in [5, 5.41) is 3.53. The Hall–Kier alpha value is -1.17. The molecule has 0 amide bonds. The summed E-state index contributed by atoms with van der Waals surface area (Å²) in [6.07, 6.45) is 8.08. The molecule has 0 bridgehead atoms. The predicted octanol–water partition coefficient (Wildman–Crippen LogP) is 2.21. The van der Waals surface area contributed by atoms with E-state index in [9.17, 15) is 0 Å². The molecule has 3 fully saturated rings. The molecule has 0 aliphatic carbocycles. The Bertz CT molecular complexity index is 509. The van der Waals surface area contributed by atoms with Crippen LogP contribution in [0.4, 0.5) is 5.82 Å². The lowest BCUT2D eigenvalue weighted by molar-refractivity contribution is -0.0441. The third kappa shape index (κ3) is 3.90. The monoisotopic (exact) mass is 330 g/mol. The van der Waals surface area contributed by atoms with Gasteiger partial charge in [-0.15, -0.1) is 0 Å². The summed E-state index contributed by atoms with van der Waals surface area (Å²) in [5.41, 5.74) is 0.108. The normalized spacial score (nSPS) is 27.8. The van der Waals surface area contributed by atoms with Gasteiger partial charge >= 0.3 is 0 Å². The first-order chi connectivity index (χ1) is 11.8. The molecule has 1 atom stereocenters. The summed E-state index contributed by atoms with van der Waals surface area (Å²) in [6, 6.07) is 6.41. The van der Waals surface area contributed by atoms with Gasteiger partial charge in [0.1, 0.15) is 5.82 Å². The van der Waals surface area contributed by atoms with Gasteiger partial charge in [-0.3, -0.25) is 0 Å². The standard InChI is InChI=1S/C19H30N4O/c1-2-8-20-18(5-1)21-17-15-19(24-16-17)6-11-23(12-7-19)14-13-22-9-3-4-10-22/h1-2,5,8,17H,3-4,6-7,9-16H2,(H,20,21). The lowest BCUT2D eigenvalue weighted by Gasteiger charge is -2.39. The van der Waals surface area contributed by atoms with Crippen LogP contribution in [-0.2, 0) is 4.74 Å². The fourth-order valence-electron chi connectivity index (χ4n) is 4.42. The van der Waals surface area contributed by atoms with Crippen LogP contribution in [-0.4, -0.2) is 72.3 Å². The summed E-state index contributed by atoms with van der Waals surface area (Å²) >= 11 is 0. The van der Waals surface area contributed by atoms with Crippen molar-refractivity contribution in [3.05, 3.63) is 24.4 Å². The van der Waals surface area contributed by atoms with E-state index in [4.69, 9.17) is 4.74 Å². The second-order valence-electron chi connectivity index (χ2n) is 7.64. The fraction of sp³-hybridized carbons (Fsp3) is 0.737. The van der Waals surface area contributed by atoms with Gasteiger partial charge in [-0.1, -0.05) is 6.07 Å². The second-order valence-corrected chi connectivity index (χ2v) is 7.64. The van der Waals surface area contributed by atoms with Crippen LogP contribution in [0.3, 0.4) is 0 Å². The molecule has 4 heterocycles. The van der Waals surface area contributed by atoms with E-state index in [1.807, 2.05) is 24.4 Å². The molecule has 0 radical (unpaired) electrons. The van der Waals surface area contributed by atoms with Crippen molar-refractivity contribution >= 4 is 5.82 Å². The van der Waals surface area contributed by atoms with Crippen LogP contribution in [0.5, 0.6) is 0 Å². The van der Waals surface area contributed by atoms with E-state index in [0.717, 1.165) is 18.8 Å². The van der Waals surface area contributed by atoms with E-state index in [0.29, 0.717) is 6.04 Å². The SMILES string of the molecule is c1ccc(NC2COC3(CCN(CCN4CCCC4)CC3)C2)nc1. The Kier molecular flexibility index (Phi) is 5.01. The maximum absolute atomic E-state index is 6.27. The summed E-state index contributed by atoms with van der Waals surface area (Å²) in [7, 11) is 0.